The predicted molar refractivity (Wildman–Crippen MR) is 95.4 cm³/mol. The van der Waals surface area contributed by atoms with Crippen LogP contribution in [0.2, 0.25) is 0 Å². The largest absolute Gasteiger partial charge is 0.457 e. The molecule has 0 atom stereocenters. The van der Waals surface area contributed by atoms with Crippen LogP contribution in [0.15, 0.2) is 53.5 Å². The molecular formula is C19H23N3O2. The van der Waals surface area contributed by atoms with Crippen LogP contribution in [0.5, 0.6) is 11.5 Å². The predicted octanol–water partition coefficient (Wildman–Crippen LogP) is 2.93. The van der Waals surface area contributed by atoms with Gasteiger partial charge in [0, 0.05) is 18.7 Å². The summed E-state index contributed by atoms with van der Waals surface area (Å²) >= 11 is 0. The fraction of sp³-hybridized carbons (Fsp3) is 0.316. The summed E-state index contributed by atoms with van der Waals surface area (Å²) in [5.74, 6) is 2.23. The number of hydrogen-bond acceptors (Lipinski definition) is 3. The first-order chi connectivity index (χ1) is 11.7. The third-order valence-corrected chi connectivity index (χ3v) is 4.03. The maximum Gasteiger partial charge on any atom is 0.191 e. The van der Waals surface area contributed by atoms with Crippen LogP contribution in [0.1, 0.15) is 11.1 Å². The summed E-state index contributed by atoms with van der Waals surface area (Å²) in [5.41, 5.74) is 8.21. The number of benzene rings is 2. The normalized spacial score (nSPS) is 15.4. The van der Waals surface area contributed by atoms with Gasteiger partial charge in [-0.1, -0.05) is 36.4 Å². The van der Waals surface area contributed by atoms with Crippen LogP contribution in [0.25, 0.3) is 0 Å². The fourth-order valence-electron chi connectivity index (χ4n) is 2.58. The van der Waals surface area contributed by atoms with Crippen LogP contribution in [0.4, 0.5) is 0 Å². The summed E-state index contributed by atoms with van der Waals surface area (Å²) in [7, 11) is 0. The van der Waals surface area contributed by atoms with Gasteiger partial charge in [-0.05, 0) is 24.6 Å². The molecule has 1 aliphatic rings. The highest BCUT2D eigenvalue weighted by atomic mass is 16.5. The lowest BCUT2D eigenvalue weighted by atomic mass is 10.2. The Kier molecular flexibility index (Phi) is 5.33. The summed E-state index contributed by atoms with van der Waals surface area (Å²) < 4.78 is 11.4. The molecule has 0 saturated carbocycles. The number of morpholine rings is 1. The Labute approximate surface area is 142 Å². The van der Waals surface area contributed by atoms with Crippen molar-refractivity contribution in [2.75, 3.05) is 26.3 Å². The number of aryl methyl sites for hydroxylation is 1. The molecule has 3 rings (SSSR count). The molecule has 5 heteroatoms. The number of rotatable bonds is 4. The van der Waals surface area contributed by atoms with Gasteiger partial charge in [-0.25, -0.2) is 4.99 Å². The zero-order valence-corrected chi connectivity index (χ0v) is 13.9. The van der Waals surface area contributed by atoms with Gasteiger partial charge in [0.2, 0.25) is 0 Å². The molecule has 0 aliphatic carbocycles. The molecule has 1 heterocycles. The Morgan fingerprint density at radius 3 is 2.50 bits per heavy atom. The second-order valence-corrected chi connectivity index (χ2v) is 5.75. The zero-order chi connectivity index (χ0) is 16.8. The molecule has 0 aromatic heterocycles. The van der Waals surface area contributed by atoms with Gasteiger partial charge in [0.1, 0.15) is 11.5 Å². The number of guanidine groups is 1. The van der Waals surface area contributed by atoms with Gasteiger partial charge < -0.3 is 20.1 Å². The second-order valence-electron chi connectivity index (χ2n) is 5.75. The number of para-hydroxylation sites is 2. The smallest absolute Gasteiger partial charge is 0.191 e. The monoisotopic (exact) mass is 325 g/mol. The number of hydrogen-bond donors (Lipinski definition) is 1. The quantitative estimate of drug-likeness (QED) is 0.693. The summed E-state index contributed by atoms with van der Waals surface area (Å²) in [6, 6.07) is 15.9. The van der Waals surface area contributed by atoms with Crippen LogP contribution in [0, 0.1) is 6.92 Å². The molecule has 0 spiro atoms. The number of ether oxygens (including phenoxy) is 2. The van der Waals surface area contributed by atoms with Crippen LogP contribution < -0.4 is 10.5 Å². The van der Waals surface area contributed by atoms with Crippen molar-refractivity contribution < 1.29 is 9.47 Å². The van der Waals surface area contributed by atoms with E-state index < -0.39 is 0 Å². The van der Waals surface area contributed by atoms with Gasteiger partial charge >= 0.3 is 0 Å². The number of nitrogens with two attached hydrogens (primary N) is 1. The Bertz CT molecular complexity index is 709. The Hall–Kier alpha value is -2.53. The first-order valence-electron chi connectivity index (χ1n) is 8.18. The Morgan fingerprint density at radius 1 is 1.08 bits per heavy atom. The maximum atomic E-state index is 6.10. The van der Waals surface area contributed by atoms with E-state index in [1.165, 1.54) is 0 Å². The van der Waals surface area contributed by atoms with Gasteiger partial charge in [-0.2, -0.15) is 0 Å². The van der Waals surface area contributed by atoms with Crippen LogP contribution in [-0.2, 0) is 11.3 Å². The third-order valence-electron chi connectivity index (χ3n) is 4.03. The SMILES string of the molecule is Cc1ccccc1Oc1ccccc1CN=C(N)N1CCOCC1. The molecular weight excluding hydrogens is 302 g/mol. The minimum Gasteiger partial charge on any atom is -0.457 e. The topological polar surface area (TPSA) is 60.1 Å². The van der Waals surface area contributed by atoms with E-state index in [1.54, 1.807) is 0 Å². The van der Waals surface area contributed by atoms with Gasteiger partial charge in [0.15, 0.2) is 5.96 Å². The van der Waals surface area contributed by atoms with Gasteiger partial charge in [0.05, 0.1) is 19.8 Å². The van der Waals surface area contributed by atoms with Crippen molar-refractivity contribution >= 4 is 5.96 Å². The fourth-order valence-corrected chi connectivity index (χ4v) is 2.58. The van der Waals surface area contributed by atoms with Crippen molar-refractivity contribution in [3.8, 4) is 11.5 Å². The minimum atomic E-state index is 0.491. The van der Waals surface area contributed by atoms with Crippen molar-refractivity contribution in [2.24, 2.45) is 10.7 Å². The first kappa shape index (κ1) is 16.3. The third kappa shape index (κ3) is 4.06. The molecule has 1 aliphatic heterocycles. The average Bonchev–Trinajstić information content (AvgIpc) is 2.63. The van der Waals surface area contributed by atoms with Crippen molar-refractivity contribution in [3.63, 3.8) is 0 Å². The summed E-state index contributed by atoms with van der Waals surface area (Å²) in [6.07, 6.45) is 0. The van der Waals surface area contributed by atoms with Crippen LogP contribution >= 0.6 is 0 Å². The Morgan fingerprint density at radius 2 is 1.75 bits per heavy atom. The highest BCUT2D eigenvalue weighted by Gasteiger charge is 2.12. The Balaban J connectivity index is 1.73. The molecule has 2 N–H and O–H groups in total. The van der Waals surface area contributed by atoms with Gasteiger partial charge in [-0.3, -0.25) is 0 Å². The van der Waals surface area contributed by atoms with E-state index in [-0.39, 0.29) is 0 Å². The van der Waals surface area contributed by atoms with Crippen molar-refractivity contribution in [1.82, 2.24) is 4.90 Å². The van der Waals surface area contributed by atoms with E-state index in [1.807, 2.05) is 60.4 Å². The number of aliphatic imine (C=N–C) groups is 1. The average molecular weight is 325 g/mol. The van der Waals surface area contributed by atoms with E-state index >= 15 is 0 Å². The standard InChI is InChI=1S/C19H23N3O2/c1-15-6-2-4-8-17(15)24-18-9-5-3-7-16(18)14-21-19(20)22-10-12-23-13-11-22/h2-9H,10-14H2,1H3,(H2,20,21). The first-order valence-corrected chi connectivity index (χ1v) is 8.18. The van der Waals surface area contributed by atoms with Crippen LogP contribution in [-0.4, -0.2) is 37.2 Å². The lowest BCUT2D eigenvalue weighted by Crippen LogP contribution is -2.44. The molecule has 1 fully saturated rings. The molecule has 1 saturated heterocycles. The summed E-state index contributed by atoms with van der Waals surface area (Å²) in [6.45, 7) is 5.50. The van der Waals surface area contributed by atoms with Crippen molar-refractivity contribution in [2.45, 2.75) is 13.5 Å². The molecule has 2 aromatic carbocycles. The van der Waals surface area contributed by atoms with Crippen LogP contribution in [0.3, 0.4) is 0 Å². The van der Waals surface area contributed by atoms with E-state index in [2.05, 4.69) is 4.99 Å². The molecule has 24 heavy (non-hydrogen) atoms. The molecule has 0 radical (unpaired) electrons. The number of nitrogens with zero attached hydrogens (tertiary/aromatic N) is 2. The highest BCUT2D eigenvalue weighted by Crippen LogP contribution is 2.28. The molecule has 2 aromatic rings. The van der Waals surface area contributed by atoms with E-state index in [9.17, 15) is 0 Å². The van der Waals surface area contributed by atoms with Crippen molar-refractivity contribution in [1.29, 1.82) is 0 Å². The van der Waals surface area contributed by atoms with E-state index in [4.69, 9.17) is 15.2 Å². The van der Waals surface area contributed by atoms with E-state index in [0.717, 1.165) is 35.7 Å². The molecule has 0 unspecified atom stereocenters. The van der Waals surface area contributed by atoms with Crippen molar-refractivity contribution in [3.05, 3.63) is 59.7 Å². The van der Waals surface area contributed by atoms with Gasteiger partial charge in [-0.15, -0.1) is 0 Å². The van der Waals surface area contributed by atoms with E-state index in [0.29, 0.717) is 25.7 Å². The molecule has 0 amide bonds. The molecule has 126 valence electrons. The summed E-state index contributed by atoms with van der Waals surface area (Å²) in [4.78, 5) is 6.58. The lowest BCUT2D eigenvalue weighted by molar-refractivity contribution is 0.0674. The lowest BCUT2D eigenvalue weighted by Gasteiger charge is -2.27. The highest BCUT2D eigenvalue weighted by molar-refractivity contribution is 5.78. The second kappa shape index (κ2) is 7.84. The zero-order valence-electron chi connectivity index (χ0n) is 13.9. The minimum absolute atomic E-state index is 0.491. The van der Waals surface area contributed by atoms with Gasteiger partial charge in [0.25, 0.3) is 0 Å². The maximum absolute atomic E-state index is 6.10. The molecule has 5 nitrogen and oxygen atoms in total. The molecule has 0 bridgehead atoms. The summed E-state index contributed by atoms with van der Waals surface area (Å²) in [5, 5.41) is 0.